The molecule has 2 aliphatic rings. The smallest absolute Gasteiger partial charge is 0.261 e. The molecule has 3 aromatic heterocycles. The van der Waals surface area contributed by atoms with Gasteiger partial charge in [0.2, 0.25) is 0 Å². The molecule has 8 heteroatoms. The summed E-state index contributed by atoms with van der Waals surface area (Å²) in [7, 11) is 0. The highest BCUT2D eigenvalue weighted by Crippen LogP contribution is 2.35. The standard InChI is InChI=1S/C31H34F2N6.C2H6/c1-3-21(19-38-13-10-31(32,33)20-38)14-22(4-2)23-8-9-26-25(15-23)30(37-36-26)27-16-24-28(35-27)17-34-18-29(24)39-11-6-5-7-12-39;1-2/h3-4,8-9,14-18,35H,1,5-7,10-13,19-20H2,2H3,(H,36,37);1-2H3/b21-14+,22-4+;. The summed E-state index contributed by atoms with van der Waals surface area (Å²) in [6, 6.07) is 8.42. The van der Waals surface area contributed by atoms with Crippen molar-refractivity contribution in [3.05, 3.63) is 72.6 Å². The first-order chi connectivity index (χ1) is 19.9. The van der Waals surface area contributed by atoms with Crippen molar-refractivity contribution < 1.29 is 8.78 Å². The van der Waals surface area contributed by atoms with Crippen LogP contribution in [0.2, 0.25) is 0 Å². The number of nitrogens with one attached hydrogen (secondary N) is 2. The molecule has 1 aromatic carbocycles. The van der Waals surface area contributed by atoms with Gasteiger partial charge in [0.15, 0.2) is 0 Å². The predicted molar refractivity (Wildman–Crippen MR) is 167 cm³/mol. The second-order valence-corrected chi connectivity index (χ2v) is 10.7. The molecule has 2 N–H and O–H groups in total. The largest absolute Gasteiger partial charge is 0.370 e. The van der Waals surface area contributed by atoms with Gasteiger partial charge in [-0.05, 0) is 61.1 Å². The van der Waals surface area contributed by atoms with Crippen LogP contribution in [0.1, 0.15) is 52.0 Å². The average Bonchev–Trinajstić information content (AvgIpc) is 3.72. The summed E-state index contributed by atoms with van der Waals surface area (Å²) in [5.41, 5.74) is 7.88. The zero-order valence-electron chi connectivity index (χ0n) is 24.3. The summed E-state index contributed by atoms with van der Waals surface area (Å²) in [6.07, 6.45) is 13.3. The number of piperidine rings is 1. The van der Waals surface area contributed by atoms with E-state index in [1.807, 2.05) is 51.4 Å². The van der Waals surface area contributed by atoms with E-state index in [-0.39, 0.29) is 13.0 Å². The Kier molecular flexibility index (Phi) is 8.68. The molecular weight excluding hydrogens is 518 g/mol. The van der Waals surface area contributed by atoms with Crippen molar-refractivity contribution in [1.82, 2.24) is 25.1 Å². The number of pyridine rings is 1. The van der Waals surface area contributed by atoms with Crippen LogP contribution in [0.25, 0.3) is 38.8 Å². The molecule has 5 heterocycles. The fourth-order valence-electron chi connectivity index (χ4n) is 5.85. The van der Waals surface area contributed by atoms with E-state index in [4.69, 9.17) is 0 Å². The molecule has 2 fully saturated rings. The van der Waals surface area contributed by atoms with Crippen molar-refractivity contribution in [1.29, 1.82) is 0 Å². The highest BCUT2D eigenvalue weighted by Gasteiger charge is 2.37. The van der Waals surface area contributed by atoms with Crippen LogP contribution in [-0.4, -0.2) is 63.7 Å². The summed E-state index contributed by atoms with van der Waals surface area (Å²) < 4.78 is 27.4. The van der Waals surface area contributed by atoms with Crippen molar-refractivity contribution in [3.8, 4) is 11.4 Å². The van der Waals surface area contributed by atoms with Gasteiger partial charge in [-0.15, -0.1) is 0 Å². The Balaban J connectivity index is 0.00000165. The van der Waals surface area contributed by atoms with Gasteiger partial charge in [-0.3, -0.25) is 15.0 Å². The number of likely N-dealkylation sites (tertiary alicyclic amines) is 1. The summed E-state index contributed by atoms with van der Waals surface area (Å²) in [6.45, 7) is 12.7. The minimum absolute atomic E-state index is 0.0861. The first-order valence-corrected chi connectivity index (χ1v) is 14.7. The highest BCUT2D eigenvalue weighted by atomic mass is 19.3. The van der Waals surface area contributed by atoms with Gasteiger partial charge < -0.3 is 9.88 Å². The monoisotopic (exact) mass is 558 g/mol. The Morgan fingerprint density at radius 2 is 1.85 bits per heavy atom. The van der Waals surface area contributed by atoms with Gasteiger partial charge in [0.1, 0.15) is 5.69 Å². The lowest BCUT2D eigenvalue weighted by Crippen LogP contribution is -2.29. The molecule has 2 aliphatic heterocycles. The lowest BCUT2D eigenvalue weighted by atomic mass is 10.00. The predicted octanol–water partition coefficient (Wildman–Crippen LogP) is 7.98. The van der Waals surface area contributed by atoms with Crippen LogP contribution in [0.15, 0.2) is 67.0 Å². The van der Waals surface area contributed by atoms with Gasteiger partial charge in [-0.2, -0.15) is 5.10 Å². The molecule has 0 amide bonds. The normalized spacial score (nSPS) is 18.1. The molecule has 6 nitrogen and oxygen atoms in total. The maximum absolute atomic E-state index is 13.7. The minimum Gasteiger partial charge on any atom is -0.370 e. The third-order valence-electron chi connectivity index (χ3n) is 7.94. The zero-order valence-corrected chi connectivity index (χ0v) is 24.3. The maximum atomic E-state index is 13.7. The van der Waals surface area contributed by atoms with Crippen LogP contribution < -0.4 is 4.90 Å². The summed E-state index contributed by atoms with van der Waals surface area (Å²) in [4.78, 5) is 12.3. The number of hydrogen-bond donors (Lipinski definition) is 2. The lowest BCUT2D eigenvalue weighted by Gasteiger charge is -2.28. The molecule has 6 rings (SSSR count). The van der Waals surface area contributed by atoms with E-state index in [1.165, 1.54) is 24.9 Å². The number of fused-ring (bicyclic) bond motifs is 2. The van der Waals surface area contributed by atoms with Crippen molar-refractivity contribution in [2.45, 2.75) is 52.4 Å². The number of H-pyrrole nitrogens is 2. The van der Waals surface area contributed by atoms with Crippen LogP contribution in [0.4, 0.5) is 14.5 Å². The van der Waals surface area contributed by atoms with E-state index < -0.39 is 5.92 Å². The van der Waals surface area contributed by atoms with Gasteiger partial charge in [0.25, 0.3) is 5.92 Å². The summed E-state index contributed by atoms with van der Waals surface area (Å²) in [5.74, 6) is -2.61. The number of hydrogen-bond acceptors (Lipinski definition) is 4. The SMILES string of the molecule is C=C/C(=C\C(=C/C)c1ccc2[nH]nc(-c3cc4c(N5CCCCC5)cncc4[nH]3)c2c1)CN1CCC(F)(F)C1.CC. The minimum atomic E-state index is -2.61. The Bertz CT molecular complexity index is 1570. The molecule has 41 heavy (non-hydrogen) atoms. The molecule has 0 radical (unpaired) electrons. The van der Waals surface area contributed by atoms with Crippen molar-refractivity contribution in [3.63, 3.8) is 0 Å². The molecule has 0 saturated carbocycles. The first kappa shape index (κ1) is 28.7. The molecule has 0 bridgehead atoms. The van der Waals surface area contributed by atoms with Crippen LogP contribution in [-0.2, 0) is 0 Å². The van der Waals surface area contributed by atoms with E-state index in [0.29, 0.717) is 13.1 Å². The Morgan fingerprint density at radius 1 is 1.05 bits per heavy atom. The summed E-state index contributed by atoms with van der Waals surface area (Å²) >= 11 is 0. The van der Waals surface area contributed by atoms with Crippen molar-refractivity contribution in [2.75, 3.05) is 37.6 Å². The van der Waals surface area contributed by atoms with E-state index in [2.05, 4.69) is 49.8 Å². The van der Waals surface area contributed by atoms with Gasteiger partial charge in [-0.1, -0.05) is 44.7 Å². The Labute approximate surface area is 240 Å². The average molecular weight is 559 g/mol. The van der Waals surface area contributed by atoms with Crippen molar-refractivity contribution >= 4 is 33.1 Å². The number of anilines is 1. The van der Waals surface area contributed by atoms with Gasteiger partial charge in [0, 0.05) is 43.4 Å². The second-order valence-electron chi connectivity index (χ2n) is 10.7. The first-order valence-electron chi connectivity index (χ1n) is 14.7. The van der Waals surface area contributed by atoms with E-state index >= 15 is 0 Å². The fraction of sp³-hybridized carbons (Fsp3) is 0.394. The number of halogens is 2. The number of rotatable bonds is 7. The number of allylic oxidation sites excluding steroid dienone is 3. The molecule has 4 aromatic rings. The van der Waals surface area contributed by atoms with Gasteiger partial charge in [-0.25, -0.2) is 8.78 Å². The number of aromatic nitrogens is 4. The second kappa shape index (κ2) is 12.4. The zero-order chi connectivity index (χ0) is 29.0. The van der Waals surface area contributed by atoms with Gasteiger partial charge in [0.05, 0.1) is 41.4 Å². The number of alkyl halides is 2. The molecule has 0 aliphatic carbocycles. The van der Waals surface area contributed by atoms with Crippen LogP contribution in [0.5, 0.6) is 0 Å². The van der Waals surface area contributed by atoms with Gasteiger partial charge >= 0.3 is 0 Å². The number of benzene rings is 1. The highest BCUT2D eigenvalue weighted by molar-refractivity contribution is 6.00. The molecule has 0 atom stereocenters. The molecule has 0 unspecified atom stereocenters. The Morgan fingerprint density at radius 3 is 2.56 bits per heavy atom. The van der Waals surface area contributed by atoms with Crippen LogP contribution >= 0.6 is 0 Å². The van der Waals surface area contributed by atoms with Crippen molar-refractivity contribution in [2.24, 2.45) is 0 Å². The number of nitrogens with zero attached hydrogens (tertiary/aromatic N) is 4. The van der Waals surface area contributed by atoms with Crippen LogP contribution in [0.3, 0.4) is 0 Å². The lowest BCUT2D eigenvalue weighted by molar-refractivity contribution is 0.0131. The quantitative estimate of drug-likeness (QED) is 0.226. The third-order valence-corrected chi connectivity index (χ3v) is 7.94. The maximum Gasteiger partial charge on any atom is 0.261 e. The molecule has 0 spiro atoms. The fourth-order valence-corrected chi connectivity index (χ4v) is 5.85. The number of aromatic amines is 2. The Hall–Kier alpha value is -3.78. The molecule has 2 saturated heterocycles. The molecule has 216 valence electrons. The molecular formula is C33H40F2N6. The van der Waals surface area contributed by atoms with Crippen LogP contribution in [0, 0.1) is 0 Å². The summed E-state index contributed by atoms with van der Waals surface area (Å²) in [5, 5.41) is 10.0. The van der Waals surface area contributed by atoms with E-state index in [9.17, 15) is 8.78 Å². The third kappa shape index (κ3) is 6.12. The topological polar surface area (TPSA) is 63.8 Å². The van der Waals surface area contributed by atoms with E-state index in [0.717, 1.165) is 63.0 Å². The van der Waals surface area contributed by atoms with E-state index in [1.54, 1.807) is 11.0 Å².